The summed E-state index contributed by atoms with van der Waals surface area (Å²) in [4.78, 5) is 7.75. The molecule has 0 aromatic heterocycles. The minimum Gasteiger partial charge on any atom is -0.496 e. The Hall–Kier alpha value is -1.14. The van der Waals surface area contributed by atoms with E-state index in [4.69, 9.17) is 9.47 Å². The molecule has 2 fully saturated rings. The SMILES string of the molecule is COc1cc(C)c(CN2CCN(CCN3CCOCC3)CC2)c(C)c1C. The summed E-state index contributed by atoms with van der Waals surface area (Å²) in [5.41, 5.74) is 5.48. The van der Waals surface area contributed by atoms with Crippen molar-refractivity contribution in [3.05, 3.63) is 28.3 Å². The summed E-state index contributed by atoms with van der Waals surface area (Å²) in [6.07, 6.45) is 0. The molecule has 2 aliphatic heterocycles. The number of nitrogens with zero attached hydrogens (tertiary/aromatic N) is 3. The van der Waals surface area contributed by atoms with Crippen LogP contribution in [-0.2, 0) is 11.3 Å². The molecule has 5 heteroatoms. The molecular formula is C21H35N3O2. The molecule has 0 bridgehead atoms. The Balaban J connectivity index is 1.49. The highest BCUT2D eigenvalue weighted by atomic mass is 16.5. The summed E-state index contributed by atoms with van der Waals surface area (Å²) >= 11 is 0. The Morgan fingerprint density at radius 1 is 0.846 bits per heavy atom. The van der Waals surface area contributed by atoms with Crippen molar-refractivity contribution in [1.29, 1.82) is 0 Å². The highest BCUT2D eigenvalue weighted by molar-refractivity contribution is 5.48. The smallest absolute Gasteiger partial charge is 0.122 e. The minimum absolute atomic E-state index is 0.897. The molecule has 5 nitrogen and oxygen atoms in total. The van der Waals surface area contributed by atoms with Crippen molar-refractivity contribution < 1.29 is 9.47 Å². The number of aryl methyl sites for hydroxylation is 1. The molecule has 1 aromatic carbocycles. The monoisotopic (exact) mass is 361 g/mol. The van der Waals surface area contributed by atoms with Gasteiger partial charge in [-0.3, -0.25) is 14.7 Å². The molecule has 2 heterocycles. The summed E-state index contributed by atoms with van der Waals surface area (Å²) in [7, 11) is 1.76. The maximum Gasteiger partial charge on any atom is 0.122 e. The van der Waals surface area contributed by atoms with Crippen molar-refractivity contribution in [1.82, 2.24) is 14.7 Å². The van der Waals surface area contributed by atoms with Gasteiger partial charge in [-0.2, -0.15) is 0 Å². The third-order valence-electron chi connectivity index (χ3n) is 6.11. The lowest BCUT2D eigenvalue weighted by Crippen LogP contribution is -2.49. The Morgan fingerprint density at radius 3 is 2.04 bits per heavy atom. The van der Waals surface area contributed by atoms with Crippen LogP contribution in [0.1, 0.15) is 22.3 Å². The second-order valence-corrected chi connectivity index (χ2v) is 7.70. The molecule has 0 unspecified atom stereocenters. The summed E-state index contributed by atoms with van der Waals surface area (Å²) in [6, 6.07) is 2.19. The molecule has 0 amide bonds. The third kappa shape index (κ3) is 4.77. The molecule has 0 aliphatic carbocycles. The van der Waals surface area contributed by atoms with Crippen LogP contribution >= 0.6 is 0 Å². The largest absolute Gasteiger partial charge is 0.496 e. The van der Waals surface area contributed by atoms with Crippen LogP contribution in [0.25, 0.3) is 0 Å². The predicted molar refractivity (Wildman–Crippen MR) is 106 cm³/mol. The van der Waals surface area contributed by atoms with E-state index in [0.29, 0.717) is 0 Å². The molecule has 146 valence electrons. The lowest BCUT2D eigenvalue weighted by atomic mass is 9.96. The minimum atomic E-state index is 0.897. The van der Waals surface area contributed by atoms with E-state index in [1.807, 2.05) is 0 Å². The molecule has 0 radical (unpaired) electrons. The summed E-state index contributed by atoms with van der Waals surface area (Å²) in [6.45, 7) is 18.7. The Kier molecular flexibility index (Phi) is 6.92. The average Bonchev–Trinajstić information content (AvgIpc) is 2.68. The van der Waals surface area contributed by atoms with E-state index in [2.05, 4.69) is 41.5 Å². The fourth-order valence-corrected chi connectivity index (χ4v) is 4.06. The Bertz CT molecular complexity index is 591. The molecule has 2 saturated heterocycles. The van der Waals surface area contributed by atoms with Gasteiger partial charge in [0.05, 0.1) is 20.3 Å². The van der Waals surface area contributed by atoms with Gasteiger partial charge < -0.3 is 9.47 Å². The molecule has 0 saturated carbocycles. The average molecular weight is 362 g/mol. The molecule has 0 spiro atoms. The van der Waals surface area contributed by atoms with Crippen LogP contribution in [0, 0.1) is 20.8 Å². The Labute approximate surface area is 158 Å². The molecule has 26 heavy (non-hydrogen) atoms. The topological polar surface area (TPSA) is 28.2 Å². The van der Waals surface area contributed by atoms with Crippen LogP contribution in [0.5, 0.6) is 5.75 Å². The third-order valence-corrected chi connectivity index (χ3v) is 6.11. The molecule has 2 aliphatic rings. The first-order valence-corrected chi connectivity index (χ1v) is 9.97. The number of piperazine rings is 1. The fourth-order valence-electron chi connectivity index (χ4n) is 4.06. The van der Waals surface area contributed by atoms with Crippen molar-refractivity contribution in [2.24, 2.45) is 0 Å². The normalized spacial score (nSPS) is 20.5. The first-order valence-electron chi connectivity index (χ1n) is 9.97. The van der Waals surface area contributed by atoms with Crippen molar-refractivity contribution in [2.75, 3.05) is 72.7 Å². The number of hydrogen-bond donors (Lipinski definition) is 0. The molecular weight excluding hydrogens is 326 g/mol. The van der Waals surface area contributed by atoms with Gasteiger partial charge in [0.25, 0.3) is 0 Å². The Morgan fingerprint density at radius 2 is 1.42 bits per heavy atom. The predicted octanol–water partition coefficient (Wildman–Crippen LogP) is 2.07. The number of rotatable bonds is 6. The van der Waals surface area contributed by atoms with Gasteiger partial charge >= 0.3 is 0 Å². The van der Waals surface area contributed by atoms with E-state index >= 15 is 0 Å². The number of methoxy groups -OCH3 is 1. The summed E-state index contributed by atoms with van der Waals surface area (Å²) in [5, 5.41) is 0. The van der Waals surface area contributed by atoms with Crippen LogP contribution in [-0.4, -0.2) is 87.4 Å². The van der Waals surface area contributed by atoms with Gasteiger partial charge in [0, 0.05) is 58.9 Å². The highest BCUT2D eigenvalue weighted by Gasteiger charge is 2.20. The highest BCUT2D eigenvalue weighted by Crippen LogP contribution is 2.28. The van der Waals surface area contributed by atoms with Crippen molar-refractivity contribution in [2.45, 2.75) is 27.3 Å². The van der Waals surface area contributed by atoms with Gasteiger partial charge in [-0.05, 0) is 49.1 Å². The maximum atomic E-state index is 5.51. The maximum absolute atomic E-state index is 5.51. The van der Waals surface area contributed by atoms with Crippen LogP contribution in [0.4, 0.5) is 0 Å². The lowest BCUT2D eigenvalue weighted by Gasteiger charge is -2.37. The second kappa shape index (κ2) is 9.18. The van der Waals surface area contributed by atoms with Gasteiger partial charge in [-0.1, -0.05) is 0 Å². The number of morpholine rings is 1. The van der Waals surface area contributed by atoms with Gasteiger partial charge in [0.1, 0.15) is 5.75 Å². The quantitative estimate of drug-likeness (QED) is 0.774. The molecule has 0 N–H and O–H groups in total. The van der Waals surface area contributed by atoms with E-state index in [0.717, 1.165) is 51.7 Å². The molecule has 1 aromatic rings. The van der Waals surface area contributed by atoms with Gasteiger partial charge in [0.2, 0.25) is 0 Å². The number of hydrogen-bond acceptors (Lipinski definition) is 5. The molecule has 3 rings (SSSR count). The van der Waals surface area contributed by atoms with E-state index in [-0.39, 0.29) is 0 Å². The zero-order chi connectivity index (χ0) is 18.5. The van der Waals surface area contributed by atoms with E-state index in [1.165, 1.54) is 48.4 Å². The van der Waals surface area contributed by atoms with Gasteiger partial charge in [0.15, 0.2) is 0 Å². The first-order chi connectivity index (χ1) is 12.6. The first kappa shape index (κ1) is 19.6. The zero-order valence-electron chi connectivity index (χ0n) is 17.0. The van der Waals surface area contributed by atoms with Crippen LogP contribution in [0.2, 0.25) is 0 Å². The fraction of sp³-hybridized carbons (Fsp3) is 0.714. The van der Waals surface area contributed by atoms with Crippen molar-refractivity contribution in [3.63, 3.8) is 0 Å². The van der Waals surface area contributed by atoms with Gasteiger partial charge in [-0.25, -0.2) is 0 Å². The summed E-state index contributed by atoms with van der Waals surface area (Å²) in [5.74, 6) is 1.01. The van der Waals surface area contributed by atoms with E-state index in [1.54, 1.807) is 7.11 Å². The van der Waals surface area contributed by atoms with Crippen LogP contribution in [0.3, 0.4) is 0 Å². The van der Waals surface area contributed by atoms with Crippen molar-refractivity contribution >= 4 is 0 Å². The second-order valence-electron chi connectivity index (χ2n) is 7.70. The van der Waals surface area contributed by atoms with Crippen LogP contribution < -0.4 is 4.74 Å². The standard InChI is InChI=1S/C21H35N3O2/c1-17-15-21(25-4)19(3)18(2)20(17)16-24-9-7-22(8-10-24)5-6-23-11-13-26-14-12-23/h15H,5-14,16H2,1-4H3. The van der Waals surface area contributed by atoms with Crippen molar-refractivity contribution in [3.8, 4) is 5.75 Å². The van der Waals surface area contributed by atoms with Crippen LogP contribution in [0.15, 0.2) is 6.07 Å². The lowest BCUT2D eigenvalue weighted by molar-refractivity contribution is 0.0296. The summed E-state index contributed by atoms with van der Waals surface area (Å²) < 4.78 is 10.9. The zero-order valence-corrected chi connectivity index (χ0v) is 17.0. The molecule has 0 atom stereocenters. The number of ether oxygens (including phenoxy) is 2. The van der Waals surface area contributed by atoms with E-state index < -0.39 is 0 Å². The number of benzene rings is 1. The van der Waals surface area contributed by atoms with E-state index in [9.17, 15) is 0 Å². The van der Waals surface area contributed by atoms with Gasteiger partial charge in [-0.15, -0.1) is 0 Å².